The van der Waals surface area contributed by atoms with Crippen molar-refractivity contribution >= 4 is 17.6 Å². The number of allylic oxidation sites excluding steroid dienone is 2. The minimum absolute atomic E-state index is 0.0720. The van der Waals surface area contributed by atoms with Crippen molar-refractivity contribution < 1.29 is 28.5 Å². The third-order valence-electron chi connectivity index (χ3n) is 5.58. The molecule has 7 nitrogen and oxygen atoms in total. The molecule has 2 aromatic rings. The van der Waals surface area contributed by atoms with Crippen LogP contribution < -0.4 is 19.5 Å². The maximum atomic E-state index is 12.3. The summed E-state index contributed by atoms with van der Waals surface area (Å²) in [7, 11) is 4.73. The van der Waals surface area contributed by atoms with Gasteiger partial charge in [-0.25, -0.2) is 4.79 Å². The van der Waals surface area contributed by atoms with Crippen LogP contribution in [0.15, 0.2) is 35.9 Å². The molecule has 1 amide bonds. The molecule has 0 aliphatic carbocycles. The van der Waals surface area contributed by atoms with Crippen molar-refractivity contribution in [1.82, 2.24) is 0 Å². The van der Waals surface area contributed by atoms with Gasteiger partial charge in [-0.2, -0.15) is 0 Å². The third-order valence-corrected chi connectivity index (χ3v) is 5.58. The molecule has 0 aromatic heterocycles. The normalized spacial score (nSPS) is 12.8. The van der Waals surface area contributed by atoms with E-state index in [-0.39, 0.29) is 18.5 Å². The zero-order valence-corrected chi connectivity index (χ0v) is 19.2. The summed E-state index contributed by atoms with van der Waals surface area (Å²) in [5, 5.41) is 2.89. The average molecular weight is 440 g/mol. The van der Waals surface area contributed by atoms with Crippen molar-refractivity contribution in [1.29, 1.82) is 0 Å². The number of amides is 1. The van der Waals surface area contributed by atoms with Gasteiger partial charge in [0.2, 0.25) is 5.91 Å². The number of fused-ring (bicyclic) bond motifs is 1. The summed E-state index contributed by atoms with van der Waals surface area (Å²) in [6.07, 6.45) is 3.50. The van der Waals surface area contributed by atoms with Gasteiger partial charge in [0, 0.05) is 29.3 Å². The van der Waals surface area contributed by atoms with E-state index in [9.17, 15) is 9.59 Å². The fourth-order valence-electron chi connectivity index (χ4n) is 3.85. The van der Waals surface area contributed by atoms with Crippen LogP contribution in [0.5, 0.6) is 17.2 Å². The number of ether oxygens (including phenoxy) is 4. The Morgan fingerprint density at radius 3 is 2.56 bits per heavy atom. The van der Waals surface area contributed by atoms with Crippen LogP contribution in [-0.2, 0) is 22.6 Å². The summed E-state index contributed by atoms with van der Waals surface area (Å²) < 4.78 is 21.6. The quantitative estimate of drug-likeness (QED) is 0.454. The van der Waals surface area contributed by atoms with Gasteiger partial charge in [0.1, 0.15) is 29.4 Å². The summed E-state index contributed by atoms with van der Waals surface area (Å²) in [5.74, 6) is 1.43. The molecule has 0 saturated heterocycles. The standard InChI is InChI=1S/C25H29NO6/c1-15(10-12-21(27)26-17-7-6-8-18(13-17)29-3)9-11-19-23(30-4)16(2)20-14-32-25(28)22(20)24(19)31-5/h6-9,13H,10-12,14H2,1-5H3,(H,26,27)/b15-9+. The summed E-state index contributed by atoms with van der Waals surface area (Å²) in [6, 6.07) is 7.25. The van der Waals surface area contributed by atoms with Crippen LogP contribution in [0, 0.1) is 6.92 Å². The second kappa shape index (κ2) is 10.2. The molecule has 32 heavy (non-hydrogen) atoms. The lowest BCUT2D eigenvalue weighted by Crippen LogP contribution is -2.11. The molecule has 0 spiro atoms. The highest BCUT2D eigenvalue weighted by Gasteiger charge is 2.32. The number of esters is 1. The van der Waals surface area contributed by atoms with Gasteiger partial charge < -0.3 is 24.3 Å². The van der Waals surface area contributed by atoms with E-state index in [0.29, 0.717) is 47.8 Å². The number of anilines is 1. The molecule has 1 aliphatic heterocycles. The molecule has 1 aliphatic rings. The zero-order valence-electron chi connectivity index (χ0n) is 19.2. The fraction of sp³-hybridized carbons (Fsp3) is 0.360. The molecule has 7 heteroatoms. The Morgan fingerprint density at radius 1 is 1.12 bits per heavy atom. The topological polar surface area (TPSA) is 83.1 Å². The predicted molar refractivity (Wildman–Crippen MR) is 122 cm³/mol. The van der Waals surface area contributed by atoms with E-state index in [1.807, 2.05) is 38.1 Å². The highest BCUT2D eigenvalue weighted by Crippen LogP contribution is 2.42. The number of carbonyl (C=O) groups excluding carboxylic acids is 2. The lowest BCUT2D eigenvalue weighted by atomic mass is 9.94. The monoisotopic (exact) mass is 439 g/mol. The molecule has 170 valence electrons. The van der Waals surface area contributed by atoms with Crippen LogP contribution in [0.3, 0.4) is 0 Å². The summed E-state index contributed by atoms with van der Waals surface area (Å²) in [4.78, 5) is 24.6. The van der Waals surface area contributed by atoms with Crippen molar-refractivity contribution in [3.8, 4) is 17.2 Å². The molecule has 0 atom stereocenters. The van der Waals surface area contributed by atoms with Gasteiger partial charge in [0.25, 0.3) is 0 Å². The van der Waals surface area contributed by atoms with Crippen molar-refractivity contribution in [3.05, 3.63) is 58.2 Å². The van der Waals surface area contributed by atoms with Gasteiger partial charge in [0.05, 0.1) is 21.3 Å². The molecule has 3 rings (SSSR count). The fourth-order valence-corrected chi connectivity index (χ4v) is 3.85. The van der Waals surface area contributed by atoms with Crippen molar-refractivity contribution in [2.45, 2.75) is 39.7 Å². The van der Waals surface area contributed by atoms with E-state index in [1.165, 1.54) is 0 Å². The first-order chi connectivity index (χ1) is 15.4. The molecule has 0 radical (unpaired) electrons. The van der Waals surface area contributed by atoms with Gasteiger partial charge >= 0.3 is 5.97 Å². The number of carbonyl (C=O) groups is 2. The van der Waals surface area contributed by atoms with Crippen LogP contribution >= 0.6 is 0 Å². The number of cyclic esters (lactones) is 1. The number of benzene rings is 2. The Labute approximate surface area is 188 Å². The van der Waals surface area contributed by atoms with Crippen LogP contribution in [-0.4, -0.2) is 33.2 Å². The van der Waals surface area contributed by atoms with Crippen molar-refractivity contribution in [2.24, 2.45) is 0 Å². The molecule has 0 saturated carbocycles. The maximum absolute atomic E-state index is 12.3. The SMILES string of the molecule is COc1cccc(NC(=O)CC/C(C)=C/Cc2c(OC)c(C)c3c(c2OC)C(=O)OC3)c1. The first kappa shape index (κ1) is 23.2. The first-order valence-corrected chi connectivity index (χ1v) is 10.4. The lowest BCUT2D eigenvalue weighted by Gasteiger charge is -2.18. The summed E-state index contributed by atoms with van der Waals surface area (Å²) in [6.45, 7) is 4.12. The number of hydrogen-bond donors (Lipinski definition) is 1. The Hall–Kier alpha value is -3.48. The highest BCUT2D eigenvalue weighted by atomic mass is 16.5. The van der Waals surface area contributed by atoms with E-state index in [2.05, 4.69) is 5.32 Å². The minimum Gasteiger partial charge on any atom is -0.497 e. The van der Waals surface area contributed by atoms with Crippen molar-refractivity contribution in [2.75, 3.05) is 26.6 Å². The number of methoxy groups -OCH3 is 3. The van der Waals surface area contributed by atoms with Crippen LogP contribution in [0.4, 0.5) is 5.69 Å². The van der Waals surface area contributed by atoms with Crippen LogP contribution in [0.25, 0.3) is 0 Å². The van der Waals surface area contributed by atoms with Gasteiger partial charge in [-0.1, -0.05) is 17.7 Å². The average Bonchev–Trinajstić information content (AvgIpc) is 3.18. The highest BCUT2D eigenvalue weighted by molar-refractivity contribution is 5.98. The van der Waals surface area contributed by atoms with E-state index in [1.54, 1.807) is 27.4 Å². The summed E-state index contributed by atoms with van der Waals surface area (Å²) in [5.41, 5.74) is 4.71. The number of nitrogens with one attached hydrogen (secondary N) is 1. The molecule has 0 fully saturated rings. The second-order valence-corrected chi connectivity index (χ2v) is 7.63. The van der Waals surface area contributed by atoms with E-state index < -0.39 is 0 Å². The minimum atomic E-state index is -0.376. The van der Waals surface area contributed by atoms with E-state index in [0.717, 1.165) is 22.3 Å². The van der Waals surface area contributed by atoms with Gasteiger partial charge in [0.15, 0.2) is 0 Å². The second-order valence-electron chi connectivity index (χ2n) is 7.63. The van der Waals surface area contributed by atoms with E-state index in [4.69, 9.17) is 18.9 Å². The molecular weight excluding hydrogens is 410 g/mol. The van der Waals surface area contributed by atoms with E-state index >= 15 is 0 Å². The predicted octanol–water partition coefficient (Wildman–Crippen LogP) is 4.60. The Morgan fingerprint density at radius 2 is 1.88 bits per heavy atom. The van der Waals surface area contributed by atoms with Gasteiger partial charge in [-0.3, -0.25) is 4.79 Å². The molecular formula is C25H29NO6. The zero-order chi connectivity index (χ0) is 23.3. The van der Waals surface area contributed by atoms with Crippen LogP contribution in [0.1, 0.15) is 46.8 Å². The molecule has 0 bridgehead atoms. The Bertz CT molecular complexity index is 1060. The molecule has 2 aromatic carbocycles. The van der Waals surface area contributed by atoms with Gasteiger partial charge in [-0.05, 0) is 44.4 Å². The lowest BCUT2D eigenvalue weighted by molar-refractivity contribution is -0.116. The summed E-state index contributed by atoms with van der Waals surface area (Å²) >= 11 is 0. The number of rotatable bonds is 9. The first-order valence-electron chi connectivity index (χ1n) is 10.4. The van der Waals surface area contributed by atoms with Crippen LogP contribution in [0.2, 0.25) is 0 Å². The molecule has 1 N–H and O–H groups in total. The smallest absolute Gasteiger partial charge is 0.342 e. The van der Waals surface area contributed by atoms with Gasteiger partial charge in [-0.15, -0.1) is 0 Å². The Kier molecular flexibility index (Phi) is 7.41. The molecule has 1 heterocycles. The van der Waals surface area contributed by atoms with Crippen molar-refractivity contribution in [3.63, 3.8) is 0 Å². The number of hydrogen-bond acceptors (Lipinski definition) is 6. The third kappa shape index (κ3) is 4.88. The Balaban J connectivity index is 1.70. The maximum Gasteiger partial charge on any atom is 0.342 e. The largest absolute Gasteiger partial charge is 0.497 e. The molecule has 0 unspecified atom stereocenters.